The van der Waals surface area contributed by atoms with Crippen molar-refractivity contribution in [1.29, 1.82) is 0 Å². The molecular formula is C8H10O5S2. The molecule has 84 valence electrons. The maximum absolute atomic E-state index is 10.6. The van der Waals surface area contributed by atoms with E-state index < -0.39 is 22.0 Å². The van der Waals surface area contributed by atoms with E-state index in [0.717, 1.165) is 0 Å². The van der Waals surface area contributed by atoms with Crippen LogP contribution in [0.4, 0.5) is 0 Å². The highest BCUT2D eigenvalue weighted by Crippen LogP contribution is 2.26. The number of benzene rings is 1. The molecule has 0 radical (unpaired) electrons. The number of rotatable bonds is 4. The molecule has 3 atom stereocenters. The Balaban J connectivity index is 2.97. The third-order valence-electron chi connectivity index (χ3n) is 1.77. The summed E-state index contributed by atoms with van der Waals surface area (Å²) in [5.41, 5.74) is -2.09. The molecule has 4 N–H and O–H groups in total. The Morgan fingerprint density at radius 2 is 1.87 bits per heavy atom. The lowest BCUT2D eigenvalue weighted by molar-refractivity contribution is 0.248. The highest BCUT2D eigenvalue weighted by Gasteiger charge is 2.15. The first-order chi connectivity index (χ1) is 7.06. The number of hydrogen-bond acceptors (Lipinski definition) is 5. The maximum atomic E-state index is 10.6. The molecule has 0 amide bonds. The molecule has 7 heteroatoms. The lowest BCUT2D eigenvalue weighted by atomic mass is 10.1. The first-order valence-corrected chi connectivity index (χ1v) is 5.92. The van der Waals surface area contributed by atoms with Crippen LogP contribution in [0.1, 0.15) is 22.0 Å². The summed E-state index contributed by atoms with van der Waals surface area (Å²) >= 11 is -2.14. The zero-order valence-electron chi connectivity index (χ0n) is 7.48. The van der Waals surface area contributed by atoms with Crippen molar-refractivity contribution in [3.8, 4) is 0 Å². The summed E-state index contributed by atoms with van der Waals surface area (Å²) in [7, 11) is 0. The van der Waals surface area contributed by atoms with Crippen molar-refractivity contribution in [1.82, 2.24) is 0 Å². The van der Waals surface area contributed by atoms with E-state index in [-0.39, 0.29) is 17.6 Å². The van der Waals surface area contributed by atoms with Crippen molar-refractivity contribution >= 4 is 23.1 Å². The number of aliphatic hydroxyl groups is 2. The molecule has 15 heavy (non-hydrogen) atoms. The molecule has 1 rings (SSSR count). The molecule has 0 aromatic heterocycles. The predicted molar refractivity (Wildman–Crippen MR) is 57.4 cm³/mol. The van der Waals surface area contributed by atoms with Crippen LogP contribution >= 0.6 is 12.0 Å². The minimum absolute atomic E-state index is 0.210. The van der Waals surface area contributed by atoms with Gasteiger partial charge < -0.3 is 19.3 Å². The fourth-order valence-corrected chi connectivity index (χ4v) is 1.69. The topological polar surface area (TPSA) is 98.0 Å². The van der Waals surface area contributed by atoms with Crippen LogP contribution in [0.3, 0.4) is 0 Å². The van der Waals surface area contributed by atoms with Gasteiger partial charge in [0.05, 0.1) is 0 Å². The predicted octanol–water partition coefficient (Wildman–Crippen LogP) is 1.10. The molecule has 5 nitrogen and oxygen atoms in total. The van der Waals surface area contributed by atoms with Crippen LogP contribution in [-0.4, -0.2) is 23.5 Å². The summed E-state index contributed by atoms with van der Waals surface area (Å²) in [6, 6.07) is 5.86. The zero-order valence-corrected chi connectivity index (χ0v) is 9.11. The quantitative estimate of drug-likeness (QED) is 0.363. The van der Waals surface area contributed by atoms with Crippen molar-refractivity contribution in [2.45, 2.75) is 10.9 Å². The summed E-state index contributed by atoms with van der Waals surface area (Å²) in [5.74, 6) is 0. The molecule has 0 aliphatic rings. The number of hydrogen-bond donors (Lipinski definition) is 4. The van der Waals surface area contributed by atoms with E-state index in [4.69, 9.17) is 9.11 Å². The van der Waals surface area contributed by atoms with Gasteiger partial charge in [0.1, 0.15) is 5.44 Å². The Bertz CT molecular complexity index is 357. The molecular weight excluding hydrogens is 240 g/mol. The minimum atomic E-state index is -2.38. The summed E-state index contributed by atoms with van der Waals surface area (Å²) in [6.45, 7) is 0. The van der Waals surface area contributed by atoms with Gasteiger partial charge in [0.15, 0.2) is 16.5 Å². The molecule has 0 spiro atoms. The molecule has 0 heterocycles. The van der Waals surface area contributed by atoms with Crippen LogP contribution in [0.15, 0.2) is 24.3 Å². The van der Waals surface area contributed by atoms with E-state index in [2.05, 4.69) is 0 Å². The van der Waals surface area contributed by atoms with Gasteiger partial charge in [-0.05, 0) is 17.2 Å². The van der Waals surface area contributed by atoms with Crippen LogP contribution in [0.5, 0.6) is 0 Å². The van der Waals surface area contributed by atoms with Crippen molar-refractivity contribution in [2.75, 3.05) is 0 Å². The smallest absolute Gasteiger partial charge is 0.187 e. The SMILES string of the molecule is O=S(O)C(O)c1cccc(C(O)SO)c1. The van der Waals surface area contributed by atoms with Crippen LogP contribution in [-0.2, 0) is 11.1 Å². The summed E-state index contributed by atoms with van der Waals surface area (Å²) in [5, 5.41) is 18.5. The zero-order chi connectivity index (χ0) is 11.4. The molecule has 0 aliphatic heterocycles. The molecule has 0 bridgehead atoms. The Morgan fingerprint density at radius 3 is 2.40 bits per heavy atom. The highest BCUT2D eigenvalue weighted by atomic mass is 32.2. The second kappa shape index (κ2) is 5.59. The average molecular weight is 250 g/mol. The van der Waals surface area contributed by atoms with Crippen LogP contribution in [0.25, 0.3) is 0 Å². The van der Waals surface area contributed by atoms with Crippen LogP contribution in [0, 0.1) is 0 Å². The second-order valence-corrected chi connectivity index (χ2v) is 4.41. The molecule has 0 fully saturated rings. The van der Waals surface area contributed by atoms with E-state index in [1.165, 1.54) is 24.3 Å². The Labute approximate surface area is 93.3 Å². The monoisotopic (exact) mass is 250 g/mol. The van der Waals surface area contributed by atoms with Gasteiger partial charge >= 0.3 is 0 Å². The lowest BCUT2D eigenvalue weighted by Gasteiger charge is -2.10. The van der Waals surface area contributed by atoms with Crippen LogP contribution < -0.4 is 0 Å². The third-order valence-corrected chi connectivity index (χ3v) is 2.90. The fraction of sp³-hybridized carbons (Fsp3) is 0.250. The number of aliphatic hydroxyl groups excluding tert-OH is 2. The molecule has 0 aliphatic carbocycles. The lowest BCUT2D eigenvalue weighted by Crippen LogP contribution is -2.05. The fourth-order valence-electron chi connectivity index (χ4n) is 1.04. The summed E-state index contributed by atoms with van der Waals surface area (Å²) in [6.07, 6.45) is 0. The van der Waals surface area contributed by atoms with Gasteiger partial charge in [-0.15, -0.1) is 0 Å². The first-order valence-electron chi connectivity index (χ1n) is 3.92. The van der Waals surface area contributed by atoms with Gasteiger partial charge in [-0.1, -0.05) is 18.2 Å². The third kappa shape index (κ3) is 3.26. The van der Waals surface area contributed by atoms with Crippen molar-refractivity contribution in [3.05, 3.63) is 35.4 Å². The highest BCUT2D eigenvalue weighted by molar-refractivity contribution is 7.93. The van der Waals surface area contributed by atoms with Crippen molar-refractivity contribution < 1.29 is 23.5 Å². The summed E-state index contributed by atoms with van der Waals surface area (Å²) < 4.78 is 27.9. The van der Waals surface area contributed by atoms with Gasteiger partial charge in [0.2, 0.25) is 0 Å². The normalized spacial score (nSPS) is 17.1. The van der Waals surface area contributed by atoms with Gasteiger partial charge in [0, 0.05) is 12.0 Å². The molecule has 1 aromatic rings. The largest absolute Gasteiger partial charge is 0.376 e. The van der Waals surface area contributed by atoms with Gasteiger partial charge in [-0.3, -0.25) is 0 Å². The minimum Gasteiger partial charge on any atom is -0.376 e. The summed E-state index contributed by atoms with van der Waals surface area (Å²) in [4.78, 5) is 0. The molecule has 0 saturated carbocycles. The van der Waals surface area contributed by atoms with Gasteiger partial charge in [-0.2, -0.15) is 0 Å². The second-order valence-electron chi connectivity index (χ2n) is 2.76. The maximum Gasteiger partial charge on any atom is 0.187 e. The van der Waals surface area contributed by atoms with Crippen molar-refractivity contribution in [3.63, 3.8) is 0 Å². The van der Waals surface area contributed by atoms with E-state index in [1.54, 1.807) is 0 Å². The van der Waals surface area contributed by atoms with E-state index in [0.29, 0.717) is 5.56 Å². The average Bonchev–Trinajstić information content (AvgIpc) is 2.27. The molecule has 0 saturated heterocycles. The van der Waals surface area contributed by atoms with Crippen molar-refractivity contribution in [2.24, 2.45) is 0 Å². The molecule has 1 aromatic carbocycles. The van der Waals surface area contributed by atoms with E-state index >= 15 is 0 Å². The van der Waals surface area contributed by atoms with Crippen LogP contribution in [0.2, 0.25) is 0 Å². The van der Waals surface area contributed by atoms with Gasteiger partial charge in [-0.25, -0.2) is 4.21 Å². The Hall–Kier alpha value is -0.440. The van der Waals surface area contributed by atoms with E-state index in [9.17, 15) is 14.4 Å². The van der Waals surface area contributed by atoms with E-state index in [1.807, 2.05) is 0 Å². The first kappa shape index (κ1) is 12.6. The Morgan fingerprint density at radius 1 is 1.27 bits per heavy atom. The molecule has 3 unspecified atom stereocenters. The Kier molecular flexibility index (Phi) is 4.71. The van der Waals surface area contributed by atoms with Gasteiger partial charge in [0.25, 0.3) is 0 Å². The standard InChI is InChI=1S/C8H10O5S2/c9-7(14-11)5-2-1-3-6(4-5)8(10)15(12)13/h1-4,7-11H,(H,12,13).